The summed E-state index contributed by atoms with van der Waals surface area (Å²) in [5.41, 5.74) is 1.56. The van der Waals surface area contributed by atoms with Crippen molar-refractivity contribution in [3.63, 3.8) is 0 Å². The van der Waals surface area contributed by atoms with E-state index in [1.807, 2.05) is 39.2 Å². The lowest BCUT2D eigenvalue weighted by Crippen LogP contribution is -2.26. The number of hydrogen-bond acceptors (Lipinski definition) is 3. The minimum Gasteiger partial charge on any atom is -0.494 e. The van der Waals surface area contributed by atoms with E-state index in [2.05, 4.69) is 10.4 Å². The molecule has 0 saturated carbocycles. The Morgan fingerprint density at radius 1 is 1.50 bits per heavy atom. The zero-order chi connectivity index (χ0) is 14.5. The van der Waals surface area contributed by atoms with Gasteiger partial charge in [0.25, 0.3) is 5.91 Å². The Morgan fingerprint density at radius 3 is 2.95 bits per heavy atom. The van der Waals surface area contributed by atoms with Crippen LogP contribution in [0.4, 0.5) is 0 Å². The van der Waals surface area contributed by atoms with Gasteiger partial charge >= 0.3 is 0 Å². The Balaban J connectivity index is 2.06. The van der Waals surface area contributed by atoms with E-state index in [0.717, 1.165) is 5.56 Å². The number of hydrogen-bond donors (Lipinski definition) is 1. The van der Waals surface area contributed by atoms with Gasteiger partial charge in [-0.05, 0) is 32.0 Å². The van der Waals surface area contributed by atoms with E-state index in [1.165, 1.54) is 0 Å². The third kappa shape index (κ3) is 3.38. The van der Waals surface area contributed by atoms with E-state index in [4.69, 9.17) is 4.74 Å². The molecular formula is C15H19N3O2. The predicted molar refractivity (Wildman–Crippen MR) is 76.7 cm³/mol. The van der Waals surface area contributed by atoms with E-state index in [9.17, 15) is 4.79 Å². The third-order valence-electron chi connectivity index (χ3n) is 2.98. The molecule has 0 radical (unpaired) electrons. The molecule has 0 aliphatic heterocycles. The van der Waals surface area contributed by atoms with Crippen LogP contribution in [0.2, 0.25) is 0 Å². The van der Waals surface area contributed by atoms with Gasteiger partial charge in [0.2, 0.25) is 0 Å². The van der Waals surface area contributed by atoms with Gasteiger partial charge in [-0.3, -0.25) is 9.48 Å². The molecule has 0 aliphatic rings. The van der Waals surface area contributed by atoms with Gasteiger partial charge < -0.3 is 10.1 Å². The van der Waals surface area contributed by atoms with E-state index >= 15 is 0 Å². The smallest absolute Gasteiger partial charge is 0.251 e. The first-order chi connectivity index (χ1) is 9.60. The molecule has 0 fully saturated rings. The van der Waals surface area contributed by atoms with E-state index in [-0.39, 0.29) is 11.9 Å². The standard InChI is InChI=1S/C15H19N3O2/c1-4-20-14-7-5-6-12(8-14)15(19)17-11(2)13-9-16-18(3)10-13/h5-11H,4H2,1-3H3,(H,17,19)/t11-/m0/s1. The highest BCUT2D eigenvalue weighted by Gasteiger charge is 2.13. The van der Waals surface area contributed by atoms with Crippen molar-refractivity contribution in [2.24, 2.45) is 7.05 Å². The molecule has 5 nitrogen and oxygen atoms in total. The average Bonchev–Trinajstić information content (AvgIpc) is 2.86. The summed E-state index contributed by atoms with van der Waals surface area (Å²) in [6, 6.07) is 7.08. The van der Waals surface area contributed by atoms with Gasteiger partial charge in [0.1, 0.15) is 5.75 Å². The molecule has 1 N–H and O–H groups in total. The van der Waals surface area contributed by atoms with Crippen molar-refractivity contribution in [1.82, 2.24) is 15.1 Å². The lowest BCUT2D eigenvalue weighted by molar-refractivity contribution is 0.0939. The van der Waals surface area contributed by atoms with Crippen molar-refractivity contribution in [2.45, 2.75) is 19.9 Å². The third-order valence-corrected chi connectivity index (χ3v) is 2.98. The molecule has 20 heavy (non-hydrogen) atoms. The minimum atomic E-state index is -0.122. The van der Waals surface area contributed by atoms with Crippen LogP contribution in [0.1, 0.15) is 35.8 Å². The van der Waals surface area contributed by atoms with Crippen LogP contribution >= 0.6 is 0 Å². The number of benzene rings is 1. The maximum atomic E-state index is 12.2. The van der Waals surface area contributed by atoms with Gasteiger partial charge in [0.15, 0.2) is 0 Å². The predicted octanol–water partition coefficient (Wildman–Crippen LogP) is 2.31. The summed E-state index contributed by atoms with van der Waals surface area (Å²) in [5, 5.41) is 7.05. The molecule has 1 aromatic heterocycles. The fraction of sp³-hybridized carbons (Fsp3) is 0.333. The second kappa shape index (κ2) is 6.23. The molecule has 0 unspecified atom stereocenters. The van der Waals surface area contributed by atoms with Crippen LogP contribution in [0.5, 0.6) is 5.75 Å². The molecule has 0 spiro atoms. The number of nitrogens with one attached hydrogen (secondary N) is 1. The normalized spacial score (nSPS) is 11.9. The molecular weight excluding hydrogens is 254 g/mol. The van der Waals surface area contributed by atoms with Gasteiger partial charge in [-0.25, -0.2) is 0 Å². The average molecular weight is 273 g/mol. The van der Waals surface area contributed by atoms with Gasteiger partial charge in [-0.2, -0.15) is 5.10 Å². The van der Waals surface area contributed by atoms with Crippen LogP contribution in [-0.2, 0) is 7.05 Å². The molecule has 1 aromatic carbocycles. The fourth-order valence-corrected chi connectivity index (χ4v) is 1.92. The summed E-state index contributed by atoms with van der Waals surface area (Å²) >= 11 is 0. The van der Waals surface area contributed by atoms with Crippen molar-refractivity contribution in [2.75, 3.05) is 6.61 Å². The summed E-state index contributed by atoms with van der Waals surface area (Å²) in [6.45, 7) is 4.43. The summed E-state index contributed by atoms with van der Waals surface area (Å²) < 4.78 is 7.11. The molecule has 0 bridgehead atoms. The van der Waals surface area contributed by atoms with Crippen molar-refractivity contribution in [3.05, 3.63) is 47.8 Å². The van der Waals surface area contributed by atoms with Crippen LogP contribution in [-0.4, -0.2) is 22.3 Å². The number of ether oxygens (including phenoxy) is 1. The molecule has 1 amide bonds. The maximum Gasteiger partial charge on any atom is 0.251 e. The van der Waals surface area contributed by atoms with Crippen LogP contribution in [0, 0.1) is 0 Å². The summed E-state index contributed by atoms with van der Waals surface area (Å²) in [7, 11) is 1.85. The molecule has 2 rings (SSSR count). The number of carbonyl (C=O) groups excluding carboxylic acids is 1. The number of amides is 1. The van der Waals surface area contributed by atoms with E-state index in [1.54, 1.807) is 23.0 Å². The van der Waals surface area contributed by atoms with Crippen LogP contribution in [0.3, 0.4) is 0 Å². The zero-order valence-electron chi connectivity index (χ0n) is 12.0. The van der Waals surface area contributed by atoms with Crippen LogP contribution < -0.4 is 10.1 Å². The molecule has 1 atom stereocenters. The Hall–Kier alpha value is -2.30. The monoisotopic (exact) mass is 273 g/mol. The second-order valence-corrected chi connectivity index (χ2v) is 4.60. The van der Waals surface area contributed by atoms with Crippen LogP contribution in [0.25, 0.3) is 0 Å². The second-order valence-electron chi connectivity index (χ2n) is 4.60. The topological polar surface area (TPSA) is 56.1 Å². The molecule has 2 aromatic rings. The minimum absolute atomic E-state index is 0.0908. The van der Waals surface area contributed by atoms with Gasteiger partial charge in [-0.15, -0.1) is 0 Å². The van der Waals surface area contributed by atoms with Crippen molar-refractivity contribution in [1.29, 1.82) is 0 Å². The first-order valence-corrected chi connectivity index (χ1v) is 6.62. The summed E-state index contributed by atoms with van der Waals surface area (Å²) in [4.78, 5) is 12.2. The largest absolute Gasteiger partial charge is 0.494 e. The summed E-state index contributed by atoms with van der Waals surface area (Å²) in [5.74, 6) is 0.581. The number of rotatable bonds is 5. The van der Waals surface area contributed by atoms with Gasteiger partial charge in [0.05, 0.1) is 18.8 Å². The molecule has 5 heteroatoms. The Kier molecular flexibility index (Phi) is 4.40. The molecule has 1 heterocycles. The summed E-state index contributed by atoms with van der Waals surface area (Å²) in [6.07, 6.45) is 3.64. The molecule has 106 valence electrons. The highest BCUT2D eigenvalue weighted by atomic mass is 16.5. The first kappa shape index (κ1) is 14.1. The van der Waals surface area contributed by atoms with Crippen LogP contribution in [0.15, 0.2) is 36.7 Å². The van der Waals surface area contributed by atoms with Gasteiger partial charge in [-0.1, -0.05) is 6.07 Å². The number of aromatic nitrogens is 2. The van der Waals surface area contributed by atoms with E-state index in [0.29, 0.717) is 17.9 Å². The first-order valence-electron chi connectivity index (χ1n) is 6.62. The SMILES string of the molecule is CCOc1cccc(C(=O)N[C@@H](C)c2cnn(C)c2)c1. The lowest BCUT2D eigenvalue weighted by atomic mass is 10.1. The maximum absolute atomic E-state index is 12.2. The molecule has 0 saturated heterocycles. The quantitative estimate of drug-likeness (QED) is 0.909. The number of carbonyl (C=O) groups is 1. The van der Waals surface area contributed by atoms with Crippen molar-refractivity contribution in [3.8, 4) is 5.75 Å². The van der Waals surface area contributed by atoms with Gasteiger partial charge in [0, 0.05) is 24.4 Å². The highest BCUT2D eigenvalue weighted by molar-refractivity contribution is 5.94. The number of nitrogens with zero attached hydrogens (tertiary/aromatic N) is 2. The molecule has 0 aliphatic carbocycles. The fourth-order valence-electron chi connectivity index (χ4n) is 1.92. The Morgan fingerprint density at radius 2 is 2.30 bits per heavy atom. The van der Waals surface area contributed by atoms with Crippen molar-refractivity contribution < 1.29 is 9.53 Å². The Labute approximate surface area is 118 Å². The van der Waals surface area contributed by atoms with E-state index < -0.39 is 0 Å². The Bertz CT molecular complexity index is 592. The lowest BCUT2D eigenvalue weighted by Gasteiger charge is -2.12. The number of aryl methyl sites for hydroxylation is 1. The van der Waals surface area contributed by atoms with Crippen molar-refractivity contribution >= 4 is 5.91 Å². The zero-order valence-corrected chi connectivity index (χ0v) is 12.0. The highest BCUT2D eigenvalue weighted by Crippen LogP contribution is 2.15.